The molecule has 0 aliphatic carbocycles. The van der Waals surface area contributed by atoms with E-state index in [0.29, 0.717) is 12.1 Å². The van der Waals surface area contributed by atoms with Crippen LogP contribution in [0, 0.1) is 0 Å². The number of aliphatic hydroxyl groups excluding tert-OH is 1. The fourth-order valence-electron chi connectivity index (χ4n) is 1.70. The second kappa shape index (κ2) is 6.24. The molecule has 0 saturated heterocycles. The van der Waals surface area contributed by atoms with Gasteiger partial charge in [0.1, 0.15) is 5.60 Å². The van der Waals surface area contributed by atoms with E-state index in [4.69, 9.17) is 10.5 Å². The molecular formula is C15H24N2O3. The van der Waals surface area contributed by atoms with Gasteiger partial charge in [0.05, 0.1) is 6.61 Å². The Morgan fingerprint density at radius 3 is 2.45 bits per heavy atom. The molecule has 0 spiro atoms. The van der Waals surface area contributed by atoms with Gasteiger partial charge in [-0.2, -0.15) is 0 Å². The number of amides is 1. The highest BCUT2D eigenvalue weighted by Gasteiger charge is 2.21. The second-order valence-electron chi connectivity index (χ2n) is 6.27. The number of carbonyl (C=O) groups is 1. The van der Waals surface area contributed by atoms with Crippen LogP contribution in [-0.2, 0) is 11.2 Å². The summed E-state index contributed by atoms with van der Waals surface area (Å²) < 4.78 is 5.22. The molecule has 0 aliphatic rings. The maximum absolute atomic E-state index is 11.8. The smallest absolute Gasteiger partial charge is 0.412 e. The number of nitrogens with one attached hydrogen (secondary N) is 1. The molecule has 1 unspecified atom stereocenters. The van der Waals surface area contributed by atoms with Crippen molar-refractivity contribution >= 4 is 11.8 Å². The van der Waals surface area contributed by atoms with Crippen LogP contribution in [0.3, 0.4) is 0 Å². The standard InChI is InChI=1S/C15H24N2O3/c1-14(2,3)20-13(19)17-12-8-6-5-7-11(12)9-15(4,16)10-18/h5-8,18H,9-10,16H2,1-4H3,(H,17,19). The Labute approximate surface area is 120 Å². The van der Waals surface area contributed by atoms with Gasteiger partial charge in [-0.3, -0.25) is 5.32 Å². The normalized spacial score (nSPS) is 14.5. The number of ether oxygens (including phenoxy) is 1. The van der Waals surface area contributed by atoms with E-state index in [1.54, 1.807) is 33.8 Å². The van der Waals surface area contributed by atoms with Gasteiger partial charge in [-0.25, -0.2) is 4.79 Å². The van der Waals surface area contributed by atoms with Gasteiger partial charge in [0.15, 0.2) is 0 Å². The zero-order valence-corrected chi connectivity index (χ0v) is 12.6. The number of hydrogen-bond donors (Lipinski definition) is 3. The Hall–Kier alpha value is -1.59. The number of carbonyl (C=O) groups excluding carboxylic acids is 1. The van der Waals surface area contributed by atoms with Crippen LogP contribution in [0.1, 0.15) is 33.3 Å². The van der Waals surface area contributed by atoms with Crippen LogP contribution < -0.4 is 11.1 Å². The maximum Gasteiger partial charge on any atom is 0.412 e. The summed E-state index contributed by atoms with van der Waals surface area (Å²) >= 11 is 0. The quantitative estimate of drug-likeness (QED) is 0.790. The topological polar surface area (TPSA) is 84.6 Å². The highest BCUT2D eigenvalue weighted by atomic mass is 16.6. The molecule has 1 rings (SSSR count). The maximum atomic E-state index is 11.8. The molecule has 1 atom stereocenters. The minimum atomic E-state index is -0.730. The summed E-state index contributed by atoms with van der Waals surface area (Å²) in [6, 6.07) is 7.34. The third-order valence-corrected chi connectivity index (χ3v) is 2.61. The van der Waals surface area contributed by atoms with Gasteiger partial charge >= 0.3 is 6.09 Å². The number of para-hydroxylation sites is 1. The lowest BCUT2D eigenvalue weighted by Gasteiger charge is -2.24. The van der Waals surface area contributed by atoms with Gasteiger partial charge in [0.2, 0.25) is 0 Å². The van der Waals surface area contributed by atoms with Crippen molar-refractivity contribution in [2.75, 3.05) is 11.9 Å². The molecule has 0 aliphatic heterocycles. The second-order valence-corrected chi connectivity index (χ2v) is 6.27. The highest BCUT2D eigenvalue weighted by molar-refractivity contribution is 5.86. The number of hydrogen-bond acceptors (Lipinski definition) is 4. The minimum absolute atomic E-state index is 0.131. The molecule has 0 fully saturated rings. The van der Waals surface area contributed by atoms with E-state index >= 15 is 0 Å². The van der Waals surface area contributed by atoms with Gasteiger partial charge in [0, 0.05) is 11.2 Å². The molecular weight excluding hydrogens is 256 g/mol. The molecule has 0 aromatic heterocycles. The summed E-state index contributed by atoms with van der Waals surface area (Å²) in [6.45, 7) is 7.05. The molecule has 1 aromatic carbocycles. The predicted molar refractivity (Wildman–Crippen MR) is 79.7 cm³/mol. The van der Waals surface area contributed by atoms with Crippen molar-refractivity contribution in [3.05, 3.63) is 29.8 Å². The third kappa shape index (κ3) is 5.59. The molecule has 5 heteroatoms. The van der Waals surface area contributed by atoms with E-state index in [0.717, 1.165) is 5.56 Å². The van der Waals surface area contributed by atoms with Crippen molar-refractivity contribution in [3.63, 3.8) is 0 Å². The first-order valence-corrected chi connectivity index (χ1v) is 6.61. The number of rotatable bonds is 4. The lowest BCUT2D eigenvalue weighted by molar-refractivity contribution is 0.0635. The van der Waals surface area contributed by atoms with Crippen LogP contribution in [0.2, 0.25) is 0 Å². The van der Waals surface area contributed by atoms with Crippen LogP contribution >= 0.6 is 0 Å². The summed E-state index contributed by atoms with van der Waals surface area (Å²) in [7, 11) is 0. The fraction of sp³-hybridized carbons (Fsp3) is 0.533. The van der Waals surface area contributed by atoms with Crippen molar-refractivity contribution in [1.29, 1.82) is 0 Å². The molecule has 112 valence electrons. The first kappa shape index (κ1) is 16.5. The third-order valence-electron chi connectivity index (χ3n) is 2.61. The van der Waals surface area contributed by atoms with Crippen molar-refractivity contribution < 1.29 is 14.6 Å². The number of aliphatic hydroxyl groups is 1. The molecule has 4 N–H and O–H groups in total. The van der Waals surface area contributed by atoms with Crippen LogP contribution in [0.15, 0.2) is 24.3 Å². The lowest BCUT2D eigenvalue weighted by atomic mass is 9.94. The number of anilines is 1. The highest BCUT2D eigenvalue weighted by Crippen LogP contribution is 2.21. The fourth-order valence-corrected chi connectivity index (χ4v) is 1.70. The van der Waals surface area contributed by atoms with E-state index in [1.165, 1.54) is 0 Å². The van der Waals surface area contributed by atoms with Gasteiger partial charge in [-0.15, -0.1) is 0 Å². The van der Waals surface area contributed by atoms with Crippen LogP contribution in [0.4, 0.5) is 10.5 Å². The number of nitrogens with two attached hydrogens (primary N) is 1. The van der Waals surface area contributed by atoms with Crippen molar-refractivity contribution in [3.8, 4) is 0 Å². The van der Waals surface area contributed by atoms with Crippen LogP contribution in [0.5, 0.6) is 0 Å². The summed E-state index contributed by atoms with van der Waals surface area (Å²) in [5, 5.41) is 12.0. The van der Waals surface area contributed by atoms with E-state index in [2.05, 4.69) is 5.32 Å². The average Bonchev–Trinajstić information content (AvgIpc) is 2.29. The van der Waals surface area contributed by atoms with Gasteiger partial charge < -0.3 is 15.6 Å². The summed E-state index contributed by atoms with van der Waals surface area (Å²) in [4.78, 5) is 11.8. The van der Waals surface area contributed by atoms with E-state index in [-0.39, 0.29) is 6.61 Å². The Bertz CT molecular complexity index is 464. The predicted octanol–water partition coefficient (Wildman–Crippen LogP) is 2.29. The first-order chi connectivity index (χ1) is 9.13. The number of benzene rings is 1. The molecule has 0 radical (unpaired) electrons. The van der Waals surface area contributed by atoms with Gasteiger partial charge in [-0.05, 0) is 45.7 Å². The molecule has 0 saturated carbocycles. The molecule has 0 bridgehead atoms. The molecule has 20 heavy (non-hydrogen) atoms. The lowest BCUT2D eigenvalue weighted by Crippen LogP contribution is -2.42. The average molecular weight is 280 g/mol. The summed E-state index contributed by atoms with van der Waals surface area (Å²) in [5.74, 6) is 0. The summed E-state index contributed by atoms with van der Waals surface area (Å²) in [6.07, 6.45) is -0.0529. The van der Waals surface area contributed by atoms with E-state index in [1.807, 2.05) is 18.2 Å². The Morgan fingerprint density at radius 1 is 1.30 bits per heavy atom. The van der Waals surface area contributed by atoms with Crippen LogP contribution in [-0.4, -0.2) is 28.9 Å². The molecule has 1 amide bonds. The monoisotopic (exact) mass is 280 g/mol. The SMILES string of the molecule is CC(N)(CO)Cc1ccccc1NC(=O)OC(C)(C)C. The minimum Gasteiger partial charge on any atom is -0.444 e. The first-order valence-electron chi connectivity index (χ1n) is 6.61. The van der Waals surface area contributed by atoms with E-state index in [9.17, 15) is 9.90 Å². The zero-order valence-electron chi connectivity index (χ0n) is 12.6. The zero-order chi connectivity index (χ0) is 15.4. The van der Waals surface area contributed by atoms with Crippen molar-refractivity contribution in [2.24, 2.45) is 5.73 Å². The van der Waals surface area contributed by atoms with Gasteiger partial charge in [0.25, 0.3) is 0 Å². The van der Waals surface area contributed by atoms with Crippen LogP contribution in [0.25, 0.3) is 0 Å². The van der Waals surface area contributed by atoms with Gasteiger partial charge in [-0.1, -0.05) is 18.2 Å². The molecule has 1 aromatic rings. The molecule has 5 nitrogen and oxygen atoms in total. The van der Waals surface area contributed by atoms with Crippen molar-refractivity contribution in [2.45, 2.75) is 45.3 Å². The summed E-state index contributed by atoms with van der Waals surface area (Å²) in [5.41, 5.74) is 6.18. The molecule has 0 heterocycles. The van der Waals surface area contributed by atoms with E-state index < -0.39 is 17.2 Å². The largest absolute Gasteiger partial charge is 0.444 e. The Balaban J connectivity index is 2.83. The Morgan fingerprint density at radius 2 is 1.90 bits per heavy atom. The Kier molecular flexibility index (Phi) is 5.14. The van der Waals surface area contributed by atoms with Crippen molar-refractivity contribution in [1.82, 2.24) is 0 Å².